The van der Waals surface area contributed by atoms with Crippen molar-refractivity contribution >= 4 is 23.4 Å². The molecule has 0 aromatic heterocycles. The van der Waals surface area contributed by atoms with Crippen LogP contribution in [0.5, 0.6) is 5.75 Å². The lowest BCUT2D eigenvalue weighted by Gasteiger charge is -2.21. The zero-order chi connectivity index (χ0) is 13.7. The van der Waals surface area contributed by atoms with Gasteiger partial charge in [-0.05, 0) is 30.7 Å². The summed E-state index contributed by atoms with van der Waals surface area (Å²) in [6.45, 7) is 0.695. The summed E-state index contributed by atoms with van der Waals surface area (Å²) in [5.74, 6) is 1.56. The van der Waals surface area contributed by atoms with Gasteiger partial charge in [0.1, 0.15) is 11.3 Å². The predicted molar refractivity (Wildman–Crippen MR) is 79.8 cm³/mol. The van der Waals surface area contributed by atoms with Crippen molar-refractivity contribution in [2.75, 3.05) is 25.1 Å². The van der Waals surface area contributed by atoms with Gasteiger partial charge in [0, 0.05) is 17.5 Å². The van der Waals surface area contributed by atoms with E-state index in [0.717, 1.165) is 0 Å². The molecule has 1 aromatic rings. The Labute approximate surface area is 118 Å². The van der Waals surface area contributed by atoms with E-state index in [1.54, 1.807) is 25.3 Å². The predicted octanol–water partition coefficient (Wildman–Crippen LogP) is 2.29. The van der Waals surface area contributed by atoms with Crippen LogP contribution in [0.4, 0.5) is 5.69 Å². The zero-order valence-corrected chi connectivity index (χ0v) is 12.0. The van der Waals surface area contributed by atoms with Crippen molar-refractivity contribution in [1.82, 2.24) is 5.32 Å². The molecule has 1 saturated heterocycles. The molecule has 1 heterocycles. The molecule has 4 nitrogen and oxygen atoms in total. The molecule has 1 atom stereocenters. The van der Waals surface area contributed by atoms with E-state index in [1.165, 1.54) is 25.0 Å². The van der Waals surface area contributed by atoms with Gasteiger partial charge in [0.05, 0.1) is 7.11 Å². The summed E-state index contributed by atoms with van der Waals surface area (Å²) in [5.41, 5.74) is 6.75. The van der Waals surface area contributed by atoms with Crippen LogP contribution in [0.3, 0.4) is 0 Å². The Morgan fingerprint density at radius 2 is 2.37 bits per heavy atom. The number of thioether (sulfide) groups is 1. The number of methoxy groups -OCH3 is 1. The molecule has 1 amide bonds. The Morgan fingerprint density at radius 1 is 1.53 bits per heavy atom. The Balaban J connectivity index is 1.99. The minimum Gasteiger partial charge on any atom is -0.496 e. The van der Waals surface area contributed by atoms with Crippen LogP contribution in [0.25, 0.3) is 0 Å². The molecule has 104 valence electrons. The third kappa shape index (κ3) is 3.56. The van der Waals surface area contributed by atoms with E-state index >= 15 is 0 Å². The molecule has 1 aliphatic heterocycles. The number of hydrogen-bond donors (Lipinski definition) is 2. The SMILES string of the molecule is COc1cccc(N)c1C(=O)NCC1CCCCS1. The van der Waals surface area contributed by atoms with Gasteiger partial charge in [0.2, 0.25) is 0 Å². The van der Waals surface area contributed by atoms with Crippen LogP contribution in [-0.4, -0.2) is 30.6 Å². The molecule has 2 rings (SSSR count). The van der Waals surface area contributed by atoms with E-state index in [1.807, 2.05) is 11.8 Å². The van der Waals surface area contributed by atoms with Crippen LogP contribution < -0.4 is 15.8 Å². The highest BCUT2D eigenvalue weighted by Gasteiger charge is 2.18. The minimum absolute atomic E-state index is 0.152. The quantitative estimate of drug-likeness (QED) is 0.831. The Hall–Kier alpha value is -1.36. The molecule has 0 radical (unpaired) electrons. The van der Waals surface area contributed by atoms with Crippen LogP contribution in [0, 0.1) is 0 Å². The summed E-state index contributed by atoms with van der Waals surface area (Å²) in [5, 5.41) is 3.49. The number of nitrogen functional groups attached to an aromatic ring is 1. The van der Waals surface area contributed by atoms with Crippen LogP contribution in [0.15, 0.2) is 18.2 Å². The molecular formula is C14H20N2O2S. The number of benzene rings is 1. The maximum Gasteiger partial charge on any atom is 0.257 e. The van der Waals surface area contributed by atoms with Gasteiger partial charge >= 0.3 is 0 Å². The summed E-state index contributed by atoms with van der Waals surface area (Å²) in [6, 6.07) is 5.25. The van der Waals surface area contributed by atoms with E-state index < -0.39 is 0 Å². The molecule has 0 spiro atoms. The highest BCUT2D eigenvalue weighted by atomic mass is 32.2. The van der Waals surface area contributed by atoms with Gasteiger partial charge in [0.15, 0.2) is 0 Å². The zero-order valence-electron chi connectivity index (χ0n) is 11.1. The van der Waals surface area contributed by atoms with Gasteiger partial charge in [-0.25, -0.2) is 0 Å². The number of anilines is 1. The summed E-state index contributed by atoms with van der Waals surface area (Å²) in [6.07, 6.45) is 3.71. The lowest BCUT2D eigenvalue weighted by Crippen LogP contribution is -2.32. The molecule has 3 N–H and O–H groups in total. The first-order chi connectivity index (χ1) is 9.22. The number of carbonyl (C=O) groups is 1. The fraction of sp³-hybridized carbons (Fsp3) is 0.500. The monoisotopic (exact) mass is 280 g/mol. The van der Waals surface area contributed by atoms with Crippen molar-refractivity contribution in [3.8, 4) is 5.75 Å². The van der Waals surface area contributed by atoms with Crippen molar-refractivity contribution < 1.29 is 9.53 Å². The van der Waals surface area contributed by atoms with Gasteiger partial charge in [-0.1, -0.05) is 12.5 Å². The van der Waals surface area contributed by atoms with Crippen molar-refractivity contribution in [2.24, 2.45) is 0 Å². The highest BCUT2D eigenvalue weighted by molar-refractivity contribution is 7.99. The number of carbonyl (C=O) groups excluding carboxylic acids is 1. The van der Waals surface area contributed by atoms with E-state index in [9.17, 15) is 4.79 Å². The average molecular weight is 280 g/mol. The van der Waals surface area contributed by atoms with Gasteiger partial charge in [-0.2, -0.15) is 11.8 Å². The molecule has 1 aromatic carbocycles. The van der Waals surface area contributed by atoms with Crippen LogP contribution in [0.2, 0.25) is 0 Å². The molecule has 5 heteroatoms. The highest BCUT2D eigenvalue weighted by Crippen LogP contribution is 2.26. The van der Waals surface area contributed by atoms with Crippen LogP contribution in [-0.2, 0) is 0 Å². The summed E-state index contributed by atoms with van der Waals surface area (Å²) >= 11 is 1.94. The van der Waals surface area contributed by atoms with Crippen LogP contribution >= 0.6 is 11.8 Å². The second-order valence-corrected chi connectivity index (χ2v) is 6.03. The van der Waals surface area contributed by atoms with Gasteiger partial charge in [-0.15, -0.1) is 0 Å². The molecule has 0 aliphatic carbocycles. The van der Waals surface area contributed by atoms with E-state index in [0.29, 0.717) is 28.8 Å². The largest absolute Gasteiger partial charge is 0.496 e. The number of amides is 1. The second kappa shape index (κ2) is 6.70. The molecule has 19 heavy (non-hydrogen) atoms. The fourth-order valence-electron chi connectivity index (χ4n) is 2.22. The standard InChI is InChI=1S/C14H20N2O2S/c1-18-12-7-4-6-11(15)13(12)14(17)16-9-10-5-2-3-8-19-10/h4,6-7,10H,2-3,5,8-9,15H2,1H3,(H,16,17). The molecule has 1 fully saturated rings. The van der Waals surface area contributed by atoms with E-state index in [2.05, 4.69) is 5.32 Å². The first kappa shape index (κ1) is 14.1. The number of ether oxygens (including phenoxy) is 1. The van der Waals surface area contributed by atoms with Crippen molar-refractivity contribution in [1.29, 1.82) is 0 Å². The minimum atomic E-state index is -0.152. The van der Waals surface area contributed by atoms with E-state index in [-0.39, 0.29) is 5.91 Å². The van der Waals surface area contributed by atoms with Gasteiger partial charge in [0.25, 0.3) is 5.91 Å². The van der Waals surface area contributed by atoms with Gasteiger partial charge in [-0.3, -0.25) is 4.79 Å². The maximum atomic E-state index is 12.2. The van der Waals surface area contributed by atoms with E-state index in [4.69, 9.17) is 10.5 Å². The van der Waals surface area contributed by atoms with Crippen molar-refractivity contribution in [3.05, 3.63) is 23.8 Å². The number of nitrogens with one attached hydrogen (secondary N) is 1. The lowest BCUT2D eigenvalue weighted by molar-refractivity contribution is 0.0951. The fourth-order valence-corrected chi connectivity index (χ4v) is 3.46. The number of nitrogens with two attached hydrogens (primary N) is 1. The maximum absolute atomic E-state index is 12.2. The summed E-state index contributed by atoms with van der Waals surface area (Å²) in [7, 11) is 1.54. The lowest BCUT2D eigenvalue weighted by atomic mass is 10.1. The average Bonchev–Trinajstić information content (AvgIpc) is 2.45. The summed E-state index contributed by atoms with van der Waals surface area (Å²) < 4.78 is 5.19. The smallest absolute Gasteiger partial charge is 0.257 e. The molecule has 1 aliphatic rings. The molecular weight excluding hydrogens is 260 g/mol. The topological polar surface area (TPSA) is 64.3 Å². The molecule has 1 unspecified atom stereocenters. The normalized spacial score (nSPS) is 18.9. The Kier molecular flexibility index (Phi) is 4.96. The van der Waals surface area contributed by atoms with Crippen molar-refractivity contribution in [2.45, 2.75) is 24.5 Å². The first-order valence-corrected chi connectivity index (χ1v) is 7.59. The third-order valence-corrected chi connectivity index (χ3v) is 4.67. The molecule has 0 saturated carbocycles. The number of hydrogen-bond acceptors (Lipinski definition) is 4. The third-order valence-electron chi connectivity index (χ3n) is 3.27. The van der Waals surface area contributed by atoms with Gasteiger partial charge < -0.3 is 15.8 Å². The Bertz CT molecular complexity index is 445. The second-order valence-electron chi connectivity index (χ2n) is 4.62. The van der Waals surface area contributed by atoms with Crippen molar-refractivity contribution in [3.63, 3.8) is 0 Å². The first-order valence-electron chi connectivity index (χ1n) is 6.54. The van der Waals surface area contributed by atoms with Crippen LogP contribution in [0.1, 0.15) is 29.6 Å². The molecule has 0 bridgehead atoms. The summed E-state index contributed by atoms with van der Waals surface area (Å²) in [4.78, 5) is 12.2. The Morgan fingerprint density at radius 3 is 3.05 bits per heavy atom. The number of rotatable bonds is 4.